The van der Waals surface area contributed by atoms with Crippen molar-refractivity contribution in [2.24, 2.45) is 17.3 Å². The van der Waals surface area contributed by atoms with E-state index in [9.17, 15) is 9.59 Å². The Labute approximate surface area is 235 Å². The van der Waals surface area contributed by atoms with Gasteiger partial charge in [0.05, 0.1) is 18.7 Å². The van der Waals surface area contributed by atoms with Gasteiger partial charge in [-0.1, -0.05) is 27.2 Å². The van der Waals surface area contributed by atoms with Crippen molar-refractivity contribution in [2.45, 2.75) is 111 Å². The minimum atomic E-state index is -0.500. The average Bonchev–Trinajstić information content (AvgIpc) is 3.31. The zero-order chi connectivity index (χ0) is 28.8. The first-order chi connectivity index (χ1) is 18.4. The van der Waals surface area contributed by atoms with Crippen LogP contribution in [0.5, 0.6) is 0 Å². The maximum absolute atomic E-state index is 12.9. The maximum Gasteiger partial charge on any atom is 0.410 e. The van der Waals surface area contributed by atoms with Gasteiger partial charge in [0, 0.05) is 44.4 Å². The molecule has 1 aromatic heterocycles. The van der Waals surface area contributed by atoms with Crippen LogP contribution < -0.4 is 5.32 Å². The zero-order valence-corrected chi connectivity index (χ0v) is 25.5. The number of rotatable bonds is 10. The van der Waals surface area contributed by atoms with Gasteiger partial charge in [-0.25, -0.2) is 9.48 Å². The van der Waals surface area contributed by atoms with Gasteiger partial charge in [0.1, 0.15) is 11.8 Å². The fourth-order valence-electron chi connectivity index (χ4n) is 6.17. The molecule has 2 fully saturated rings. The van der Waals surface area contributed by atoms with Crippen molar-refractivity contribution in [3.05, 3.63) is 17.5 Å². The summed E-state index contributed by atoms with van der Waals surface area (Å²) in [6, 6.07) is 0. The molecule has 3 rings (SSSR count). The highest BCUT2D eigenvalue weighted by atomic mass is 16.6. The summed E-state index contributed by atoms with van der Waals surface area (Å²) >= 11 is 0. The Morgan fingerprint density at radius 3 is 2.62 bits per heavy atom. The molecule has 0 spiro atoms. The molecule has 2 heterocycles. The highest BCUT2D eigenvalue weighted by Gasteiger charge is 2.48. The van der Waals surface area contributed by atoms with Gasteiger partial charge in [-0.05, 0) is 77.2 Å². The van der Waals surface area contributed by atoms with Crippen LogP contribution in [0, 0.1) is 17.3 Å². The molecule has 4 unspecified atom stereocenters. The van der Waals surface area contributed by atoms with Crippen LogP contribution in [-0.2, 0) is 25.5 Å². The molecule has 1 aromatic rings. The number of esters is 1. The Bertz CT molecular complexity index is 948. The molecule has 0 aromatic carbocycles. The number of amides is 1. The third kappa shape index (κ3) is 8.19. The Hall–Kier alpha value is -2.13. The third-order valence-electron chi connectivity index (χ3n) is 8.56. The number of methoxy groups -OCH3 is 1. The number of carbonyl (C=O) groups excluding carboxylic acids is 2. The predicted molar refractivity (Wildman–Crippen MR) is 151 cm³/mol. The number of nitrogens with zero attached hydrogens (tertiary/aromatic N) is 3. The first-order valence-corrected chi connectivity index (χ1v) is 14.8. The Kier molecular flexibility index (Phi) is 10.9. The van der Waals surface area contributed by atoms with E-state index in [0.717, 1.165) is 69.4 Å². The lowest BCUT2D eigenvalue weighted by atomic mass is 9.58. The summed E-state index contributed by atoms with van der Waals surface area (Å²) in [4.78, 5) is 26.7. The lowest BCUT2D eigenvalue weighted by molar-refractivity contribution is -0.154. The summed E-state index contributed by atoms with van der Waals surface area (Å²) in [5.74, 6) is 0.311. The zero-order valence-electron chi connectivity index (χ0n) is 25.5. The van der Waals surface area contributed by atoms with Crippen molar-refractivity contribution in [1.82, 2.24) is 20.0 Å². The largest absolute Gasteiger partial charge is 0.469 e. The van der Waals surface area contributed by atoms with Gasteiger partial charge in [-0.15, -0.1) is 0 Å². The van der Waals surface area contributed by atoms with Crippen LogP contribution in [-0.4, -0.2) is 66.2 Å². The molecule has 222 valence electrons. The van der Waals surface area contributed by atoms with E-state index in [1.165, 1.54) is 7.11 Å². The molecule has 2 aliphatic rings. The molecule has 0 radical (unpaired) electrons. The van der Waals surface area contributed by atoms with Crippen molar-refractivity contribution in [2.75, 3.05) is 33.9 Å². The van der Waals surface area contributed by atoms with Crippen LogP contribution in [0.15, 0.2) is 6.20 Å². The summed E-state index contributed by atoms with van der Waals surface area (Å²) in [6.07, 6.45) is 8.57. The van der Waals surface area contributed by atoms with E-state index in [-0.39, 0.29) is 35.5 Å². The van der Waals surface area contributed by atoms with Crippen molar-refractivity contribution < 1.29 is 23.8 Å². The van der Waals surface area contributed by atoms with Gasteiger partial charge < -0.3 is 24.4 Å². The van der Waals surface area contributed by atoms with Crippen LogP contribution in [0.25, 0.3) is 0 Å². The molecule has 0 bridgehead atoms. The normalized spacial score (nSPS) is 25.2. The SMILES string of the molecule is CCC1CC(c2nn(C3CCCCO3)cc2CNCCCN(C)C(=O)OC(C)(C)C)CC(C(=O)OC)C1(C)C. The molecule has 9 heteroatoms. The molecule has 39 heavy (non-hydrogen) atoms. The molecular weight excluding hydrogens is 496 g/mol. The summed E-state index contributed by atoms with van der Waals surface area (Å²) in [7, 11) is 3.26. The number of ether oxygens (including phenoxy) is 3. The van der Waals surface area contributed by atoms with E-state index >= 15 is 0 Å². The molecule has 1 aliphatic carbocycles. The van der Waals surface area contributed by atoms with Crippen LogP contribution in [0.1, 0.15) is 110 Å². The molecule has 1 amide bonds. The smallest absolute Gasteiger partial charge is 0.410 e. The molecule has 1 saturated carbocycles. The van der Waals surface area contributed by atoms with Gasteiger partial charge in [0.25, 0.3) is 0 Å². The van der Waals surface area contributed by atoms with Crippen molar-refractivity contribution in [1.29, 1.82) is 0 Å². The predicted octanol–water partition coefficient (Wildman–Crippen LogP) is 5.65. The second-order valence-electron chi connectivity index (χ2n) is 12.9. The lowest BCUT2D eigenvalue weighted by Crippen LogP contribution is -2.43. The molecule has 1 N–H and O–H groups in total. The number of aromatic nitrogens is 2. The van der Waals surface area contributed by atoms with Crippen LogP contribution in [0.4, 0.5) is 4.79 Å². The Balaban J connectivity index is 1.71. The van der Waals surface area contributed by atoms with Gasteiger partial charge in [-0.2, -0.15) is 5.10 Å². The number of carbonyl (C=O) groups is 2. The molecule has 1 aliphatic heterocycles. The van der Waals surface area contributed by atoms with Crippen molar-refractivity contribution in [3.63, 3.8) is 0 Å². The second kappa shape index (κ2) is 13.5. The van der Waals surface area contributed by atoms with Crippen LogP contribution in [0.3, 0.4) is 0 Å². The first kappa shape index (κ1) is 31.4. The number of hydrogen-bond acceptors (Lipinski definition) is 7. The molecule has 4 atom stereocenters. The van der Waals surface area contributed by atoms with Gasteiger partial charge in [-0.3, -0.25) is 4.79 Å². The summed E-state index contributed by atoms with van der Waals surface area (Å²) in [5.41, 5.74) is 1.62. The number of hydrogen-bond donors (Lipinski definition) is 1. The van der Waals surface area contributed by atoms with Crippen molar-refractivity contribution >= 4 is 12.1 Å². The fourth-order valence-corrected chi connectivity index (χ4v) is 6.17. The molecule has 9 nitrogen and oxygen atoms in total. The fraction of sp³-hybridized carbons (Fsp3) is 0.833. The van der Waals surface area contributed by atoms with Gasteiger partial charge >= 0.3 is 12.1 Å². The number of nitrogens with one attached hydrogen (secondary N) is 1. The molecule has 1 saturated heterocycles. The topological polar surface area (TPSA) is 94.9 Å². The van der Waals surface area contributed by atoms with Gasteiger partial charge in [0.15, 0.2) is 0 Å². The first-order valence-electron chi connectivity index (χ1n) is 14.8. The summed E-state index contributed by atoms with van der Waals surface area (Å²) in [6.45, 7) is 15.1. The molecular formula is C30H52N4O5. The summed E-state index contributed by atoms with van der Waals surface area (Å²) in [5, 5.41) is 8.67. The quantitative estimate of drug-likeness (QED) is 0.298. The Morgan fingerprint density at radius 1 is 1.26 bits per heavy atom. The van der Waals surface area contributed by atoms with Crippen LogP contribution in [0.2, 0.25) is 0 Å². The standard InChI is InChI=1S/C30H52N4O5/c1-9-23-17-21(18-24(27(35)37-8)30(23,5)6)26-22(20-34(32-26)25-13-10-11-16-38-25)19-31-14-12-15-33(7)28(36)39-29(2,3)4/h20-21,23-25,31H,9-19H2,1-8H3. The van der Waals surface area contributed by atoms with Crippen molar-refractivity contribution in [3.8, 4) is 0 Å². The maximum atomic E-state index is 12.9. The van der Waals surface area contributed by atoms with E-state index in [1.54, 1.807) is 11.9 Å². The van der Waals surface area contributed by atoms with E-state index in [2.05, 4.69) is 32.3 Å². The Morgan fingerprint density at radius 2 is 2.00 bits per heavy atom. The van der Waals surface area contributed by atoms with E-state index in [0.29, 0.717) is 19.0 Å². The van der Waals surface area contributed by atoms with Crippen LogP contribution >= 0.6 is 0 Å². The minimum absolute atomic E-state index is 0.0351. The average molecular weight is 549 g/mol. The van der Waals surface area contributed by atoms with Gasteiger partial charge in [0.2, 0.25) is 0 Å². The van der Waals surface area contributed by atoms with E-state index < -0.39 is 5.60 Å². The lowest BCUT2D eigenvalue weighted by Gasteiger charge is -2.46. The minimum Gasteiger partial charge on any atom is -0.469 e. The van der Waals surface area contributed by atoms with E-state index in [4.69, 9.17) is 19.3 Å². The summed E-state index contributed by atoms with van der Waals surface area (Å²) < 4.78 is 18.8. The third-order valence-corrected chi connectivity index (χ3v) is 8.56. The van der Waals surface area contributed by atoms with E-state index in [1.807, 2.05) is 25.5 Å². The second-order valence-corrected chi connectivity index (χ2v) is 12.9. The highest BCUT2D eigenvalue weighted by molar-refractivity contribution is 5.73. The highest BCUT2D eigenvalue weighted by Crippen LogP contribution is 2.52. The monoisotopic (exact) mass is 548 g/mol.